The highest BCUT2D eigenvalue weighted by Gasteiger charge is 2.29. The molecule has 1 aliphatic rings. The maximum absolute atomic E-state index is 12.4. The molecule has 0 saturated carbocycles. The van der Waals surface area contributed by atoms with E-state index in [1.54, 1.807) is 13.3 Å². The summed E-state index contributed by atoms with van der Waals surface area (Å²) in [5, 5.41) is 6.75. The molecule has 7 heteroatoms. The van der Waals surface area contributed by atoms with Gasteiger partial charge in [0.25, 0.3) is 0 Å². The van der Waals surface area contributed by atoms with Crippen molar-refractivity contribution in [2.75, 3.05) is 47.3 Å². The molecule has 1 aliphatic heterocycles. The highest BCUT2D eigenvalue weighted by molar-refractivity contribution is 5.80. The van der Waals surface area contributed by atoms with Crippen LogP contribution in [0.25, 0.3) is 0 Å². The van der Waals surface area contributed by atoms with Gasteiger partial charge in [0.15, 0.2) is 5.96 Å². The Morgan fingerprint density at radius 2 is 2.03 bits per heavy atom. The summed E-state index contributed by atoms with van der Waals surface area (Å²) in [6.45, 7) is 2.97. The number of rotatable bonds is 9. The van der Waals surface area contributed by atoms with Crippen LogP contribution < -0.4 is 10.6 Å². The number of nitrogens with one attached hydrogen (secondary N) is 2. The lowest BCUT2D eigenvalue weighted by Gasteiger charge is -2.24. The molecule has 162 valence electrons. The number of likely N-dealkylation sites (N-methyl/N-ethyl adjacent to an activating group) is 1. The number of aliphatic imine (C=N–C) groups is 1. The number of furan rings is 1. The van der Waals surface area contributed by atoms with Crippen LogP contribution in [-0.2, 0) is 11.2 Å². The van der Waals surface area contributed by atoms with Crippen molar-refractivity contribution in [2.24, 2.45) is 10.9 Å². The molecule has 0 aliphatic carbocycles. The number of guanidine groups is 1. The van der Waals surface area contributed by atoms with E-state index >= 15 is 0 Å². The molecule has 1 fully saturated rings. The monoisotopic (exact) mass is 411 g/mol. The van der Waals surface area contributed by atoms with Crippen LogP contribution in [0.4, 0.5) is 0 Å². The second-order valence-corrected chi connectivity index (χ2v) is 7.97. The minimum Gasteiger partial charge on any atom is -0.468 e. The summed E-state index contributed by atoms with van der Waals surface area (Å²) in [5.74, 6) is 2.19. The Bertz CT molecular complexity index is 804. The first kappa shape index (κ1) is 21.9. The average molecular weight is 412 g/mol. The van der Waals surface area contributed by atoms with Gasteiger partial charge < -0.3 is 20.0 Å². The molecule has 2 atom stereocenters. The lowest BCUT2D eigenvalue weighted by molar-refractivity contribution is -0.127. The molecule has 0 radical (unpaired) electrons. The smallest absolute Gasteiger partial charge is 0.223 e. The fraction of sp³-hybridized carbons (Fsp3) is 0.478. The molecule has 2 unspecified atom stereocenters. The van der Waals surface area contributed by atoms with Gasteiger partial charge in [-0.15, -0.1) is 0 Å². The second kappa shape index (κ2) is 10.8. The number of hydrogen-bond donors (Lipinski definition) is 2. The van der Waals surface area contributed by atoms with Crippen LogP contribution in [0.2, 0.25) is 0 Å². The zero-order valence-corrected chi connectivity index (χ0v) is 18.2. The highest BCUT2D eigenvalue weighted by atomic mass is 16.3. The van der Waals surface area contributed by atoms with E-state index < -0.39 is 0 Å². The van der Waals surface area contributed by atoms with Gasteiger partial charge in [-0.2, -0.15) is 0 Å². The van der Waals surface area contributed by atoms with Crippen molar-refractivity contribution in [3.05, 3.63) is 60.1 Å². The van der Waals surface area contributed by atoms with Crippen molar-refractivity contribution < 1.29 is 9.21 Å². The first-order valence-electron chi connectivity index (χ1n) is 10.5. The maximum atomic E-state index is 12.4. The molecule has 2 heterocycles. The number of carbonyl (C=O) groups excluding carboxylic acids is 1. The van der Waals surface area contributed by atoms with Crippen molar-refractivity contribution >= 4 is 11.9 Å². The van der Waals surface area contributed by atoms with Gasteiger partial charge in [0.2, 0.25) is 5.91 Å². The Labute approximate surface area is 179 Å². The van der Waals surface area contributed by atoms with Gasteiger partial charge in [-0.1, -0.05) is 30.3 Å². The van der Waals surface area contributed by atoms with Gasteiger partial charge in [-0.3, -0.25) is 14.7 Å². The number of nitrogens with zero attached hydrogens (tertiary/aromatic N) is 3. The van der Waals surface area contributed by atoms with Gasteiger partial charge in [0.05, 0.1) is 12.3 Å². The Kier molecular flexibility index (Phi) is 7.90. The van der Waals surface area contributed by atoms with E-state index in [1.165, 1.54) is 5.56 Å². The lowest BCUT2D eigenvalue weighted by atomic mass is 10.1. The molecule has 1 amide bonds. The van der Waals surface area contributed by atoms with Crippen LogP contribution >= 0.6 is 0 Å². The third-order valence-corrected chi connectivity index (χ3v) is 5.55. The molecule has 1 aromatic carbocycles. The van der Waals surface area contributed by atoms with E-state index in [1.807, 2.05) is 49.3 Å². The molecule has 0 bridgehead atoms. The Hall–Kier alpha value is -2.80. The summed E-state index contributed by atoms with van der Waals surface area (Å²) in [5.41, 5.74) is 1.27. The number of amides is 1. The molecular weight excluding hydrogens is 378 g/mol. The maximum Gasteiger partial charge on any atom is 0.223 e. The largest absolute Gasteiger partial charge is 0.468 e. The SMILES string of the molecule is CN=C(NCC1CC(=O)N(CCc2ccccc2)C1)NCC(c1ccco1)N(C)C. The molecule has 30 heavy (non-hydrogen) atoms. The zero-order valence-electron chi connectivity index (χ0n) is 18.2. The number of carbonyl (C=O) groups is 1. The number of benzene rings is 1. The van der Waals surface area contributed by atoms with Gasteiger partial charge in [-0.25, -0.2) is 0 Å². The minimum atomic E-state index is 0.111. The first-order valence-corrected chi connectivity index (χ1v) is 10.5. The molecular formula is C23H33N5O2. The Balaban J connectivity index is 1.43. The summed E-state index contributed by atoms with van der Waals surface area (Å²) < 4.78 is 5.56. The third-order valence-electron chi connectivity index (χ3n) is 5.55. The fourth-order valence-electron chi connectivity index (χ4n) is 3.79. The average Bonchev–Trinajstić information content (AvgIpc) is 3.39. The van der Waals surface area contributed by atoms with E-state index in [9.17, 15) is 4.79 Å². The summed E-state index contributed by atoms with van der Waals surface area (Å²) >= 11 is 0. The van der Waals surface area contributed by atoms with Crippen LogP contribution in [-0.4, -0.2) is 69.0 Å². The normalized spacial score (nSPS) is 18.1. The van der Waals surface area contributed by atoms with Crippen LogP contribution in [0, 0.1) is 5.92 Å². The number of likely N-dealkylation sites (tertiary alicyclic amines) is 1. The Morgan fingerprint density at radius 3 is 2.70 bits per heavy atom. The summed E-state index contributed by atoms with van der Waals surface area (Å²) in [6.07, 6.45) is 3.18. The topological polar surface area (TPSA) is 73.1 Å². The molecule has 2 N–H and O–H groups in total. The predicted molar refractivity (Wildman–Crippen MR) is 119 cm³/mol. The summed E-state index contributed by atoms with van der Waals surface area (Å²) in [6, 6.07) is 14.3. The minimum absolute atomic E-state index is 0.111. The highest BCUT2D eigenvalue weighted by Crippen LogP contribution is 2.19. The lowest BCUT2D eigenvalue weighted by Crippen LogP contribution is -2.43. The molecule has 1 saturated heterocycles. The Morgan fingerprint density at radius 1 is 1.23 bits per heavy atom. The van der Waals surface area contributed by atoms with Gasteiger partial charge in [0.1, 0.15) is 5.76 Å². The third kappa shape index (κ3) is 6.10. The van der Waals surface area contributed by atoms with Gasteiger partial charge in [0, 0.05) is 45.6 Å². The fourth-order valence-corrected chi connectivity index (χ4v) is 3.79. The van der Waals surface area contributed by atoms with Crippen molar-refractivity contribution in [1.29, 1.82) is 0 Å². The molecule has 7 nitrogen and oxygen atoms in total. The number of hydrogen-bond acceptors (Lipinski definition) is 4. The van der Waals surface area contributed by atoms with Crippen molar-refractivity contribution in [1.82, 2.24) is 20.4 Å². The van der Waals surface area contributed by atoms with Crippen LogP contribution in [0.1, 0.15) is 23.8 Å². The van der Waals surface area contributed by atoms with Crippen molar-refractivity contribution in [2.45, 2.75) is 18.9 Å². The van der Waals surface area contributed by atoms with Gasteiger partial charge >= 0.3 is 0 Å². The van der Waals surface area contributed by atoms with Crippen molar-refractivity contribution in [3.63, 3.8) is 0 Å². The summed E-state index contributed by atoms with van der Waals surface area (Å²) in [4.78, 5) is 20.8. The van der Waals surface area contributed by atoms with E-state index in [-0.39, 0.29) is 11.9 Å². The van der Waals surface area contributed by atoms with Crippen LogP contribution in [0.3, 0.4) is 0 Å². The second-order valence-electron chi connectivity index (χ2n) is 7.97. The summed E-state index contributed by atoms with van der Waals surface area (Å²) in [7, 11) is 5.82. The molecule has 3 rings (SSSR count). The van der Waals surface area contributed by atoms with Crippen molar-refractivity contribution in [3.8, 4) is 0 Å². The van der Waals surface area contributed by atoms with E-state index in [2.05, 4.69) is 32.7 Å². The standard InChI is InChI=1S/C23H33N5O2/c1-24-23(26-16-20(27(2)3)21-10-7-13-30-21)25-15-19-14-22(29)28(17-19)12-11-18-8-5-4-6-9-18/h4-10,13,19-20H,11-12,14-17H2,1-3H3,(H2,24,25,26). The molecule has 2 aromatic rings. The van der Waals surface area contributed by atoms with E-state index in [4.69, 9.17) is 4.42 Å². The quantitative estimate of drug-likeness (QED) is 0.489. The zero-order chi connectivity index (χ0) is 21.3. The van der Waals surface area contributed by atoms with Gasteiger partial charge in [-0.05, 0) is 38.2 Å². The van der Waals surface area contributed by atoms with Crippen LogP contribution in [0.5, 0.6) is 0 Å². The molecule has 0 spiro atoms. The molecule has 1 aromatic heterocycles. The predicted octanol–water partition coefficient (Wildman–Crippen LogP) is 2.14. The van der Waals surface area contributed by atoms with E-state index in [0.717, 1.165) is 37.8 Å². The van der Waals surface area contributed by atoms with Crippen LogP contribution in [0.15, 0.2) is 58.1 Å². The first-order chi connectivity index (χ1) is 14.6. The van der Waals surface area contributed by atoms with E-state index in [0.29, 0.717) is 18.9 Å².